The van der Waals surface area contributed by atoms with Gasteiger partial charge in [-0.05, 0) is 63.3 Å². The number of aryl methyl sites for hydroxylation is 1. The first-order valence-corrected chi connectivity index (χ1v) is 8.46. The van der Waals surface area contributed by atoms with Gasteiger partial charge >= 0.3 is 6.09 Å². The Morgan fingerprint density at radius 3 is 2.72 bits per heavy atom. The first kappa shape index (κ1) is 19.4. The van der Waals surface area contributed by atoms with Gasteiger partial charge in [0, 0.05) is 6.04 Å². The summed E-state index contributed by atoms with van der Waals surface area (Å²) in [6.45, 7) is 3.68. The molecule has 1 aliphatic rings. The second-order valence-electron chi connectivity index (χ2n) is 7.42. The molecule has 1 aromatic rings. The number of hydrogen-bond donors (Lipinski definition) is 3. The lowest BCUT2D eigenvalue weighted by molar-refractivity contribution is -0.00601. The summed E-state index contributed by atoms with van der Waals surface area (Å²) in [7, 11) is 0. The molecule has 0 aliphatic heterocycles. The van der Waals surface area contributed by atoms with Gasteiger partial charge in [0.25, 0.3) is 5.92 Å². The molecule has 0 saturated heterocycles. The number of carbonyl (C=O) groups is 1. The predicted octanol–water partition coefficient (Wildman–Crippen LogP) is 3.52. The Hall–Kier alpha value is -1.89. The van der Waals surface area contributed by atoms with Crippen LogP contribution >= 0.6 is 0 Å². The third kappa shape index (κ3) is 6.16. The molecule has 0 radical (unpaired) electrons. The molecule has 1 amide bonds. The van der Waals surface area contributed by atoms with Gasteiger partial charge in [-0.2, -0.15) is 0 Å². The number of rotatable bonds is 5. The summed E-state index contributed by atoms with van der Waals surface area (Å²) >= 11 is 0. The van der Waals surface area contributed by atoms with E-state index in [0.29, 0.717) is 0 Å². The van der Waals surface area contributed by atoms with Crippen molar-refractivity contribution in [1.29, 1.82) is 0 Å². The van der Waals surface area contributed by atoms with Gasteiger partial charge in [0.05, 0.1) is 13.1 Å². The van der Waals surface area contributed by atoms with Crippen molar-refractivity contribution in [3.8, 4) is 5.75 Å². The van der Waals surface area contributed by atoms with E-state index in [4.69, 9.17) is 4.74 Å². The van der Waals surface area contributed by atoms with Gasteiger partial charge in [-0.1, -0.05) is 6.07 Å². The predicted molar refractivity (Wildman–Crippen MR) is 91.0 cm³/mol. The fraction of sp³-hybridized carbons (Fsp3) is 0.611. The highest BCUT2D eigenvalue weighted by molar-refractivity contribution is 5.67. The minimum absolute atomic E-state index is 0.184. The lowest BCUT2D eigenvalue weighted by Gasteiger charge is -2.28. The summed E-state index contributed by atoms with van der Waals surface area (Å²) in [6.07, 6.45) is 1.60. The Labute approximate surface area is 146 Å². The molecule has 1 unspecified atom stereocenters. The quantitative estimate of drug-likeness (QED) is 0.755. The number of alkyl halides is 2. The Bertz CT molecular complexity index is 615. The van der Waals surface area contributed by atoms with Crippen molar-refractivity contribution in [3.05, 3.63) is 29.3 Å². The van der Waals surface area contributed by atoms with E-state index in [1.807, 2.05) is 0 Å². The van der Waals surface area contributed by atoms with Crippen LogP contribution < -0.4 is 10.6 Å². The van der Waals surface area contributed by atoms with Crippen molar-refractivity contribution in [1.82, 2.24) is 10.6 Å². The zero-order chi connectivity index (χ0) is 18.7. The molecular formula is C18H26F2N2O3. The third-order valence-electron chi connectivity index (χ3n) is 3.94. The van der Waals surface area contributed by atoms with Crippen LogP contribution in [0.3, 0.4) is 0 Å². The van der Waals surface area contributed by atoms with E-state index in [9.17, 15) is 18.7 Å². The second kappa shape index (κ2) is 7.56. The summed E-state index contributed by atoms with van der Waals surface area (Å²) < 4.78 is 33.0. The number of fused-ring (bicyclic) bond motifs is 1. The van der Waals surface area contributed by atoms with Crippen molar-refractivity contribution in [2.75, 3.05) is 13.1 Å². The van der Waals surface area contributed by atoms with Crippen LogP contribution in [0.5, 0.6) is 5.75 Å². The number of hydrogen-bond acceptors (Lipinski definition) is 4. The third-order valence-corrected chi connectivity index (χ3v) is 3.94. The van der Waals surface area contributed by atoms with Crippen LogP contribution in [-0.4, -0.2) is 35.8 Å². The molecule has 0 saturated carbocycles. The maximum Gasteiger partial charge on any atom is 0.407 e. The topological polar surface area (TPSA) is 70.6 Å². The maximum absolute atomic E-state index is 14.0. The van der Waals surface area contributed by atoms with Crippen molar-refractivity contribution in [2.24, 2.45) is 0 Å². The van der Waals surface area contributed by atoms with E-state index >= 15 is 0 Å². The van der Waals surface area contributed by atoms with E-state index in [1.165, 1.54) is 0 Å². The molecule has 0 heterocycles. The van der Waals surface area contributed by atoms with E-state index in [2.05, 4.69) is 10.6 Å². The summed E-state index contributed by atoms with van der Waals surface area (Å²) in [5, 5.41) is 14.5. The number of alkyl carbamates (subject to hydrolysis) is 1. The summed E-state index contributed by atoms with van der Waals surface area (Å²) in [5.41, 5.74) is 1.20. The lowest BCUT2D eigenvalue weighted by atomic mass is 9.87. The average molecular weight is 356 g/mol. The number of nitrogens with one attached hydrogen (secondary N) is 2. The monoisotopic (exact) mass is 356 g/mol. The van der Waals surface area contributed by atoms with Crippen LogP contribution in [0.1, 0.15) is 50.8 Å². The van der Waals surface area contributed by atoms with Crippen LogP contribution in [0, 0.1) is 0 Å². The highest BCUT2D eigenvalue weighted by Gasteiger charge is 2.32. The number of amides is 1. The van der Waals surface area contributed by atoms with Gasteiger partial charge in [-0.15, -0.1) is 0 Å². The van der Waals surface area contributed by atoms with Crippen LogP contribution in [0.15, 0.2) is 18.2 Å². The number of aromatic hydroxyl groups is 1. The number of halogens is 2. The smallest absolute Gasteiger partial charge is 0.407 e. The number of phenolic OH excluding ortho intramolecular Hbond substituents is 1. The molecule has 0 fully saturated rings. The lowest BCUT2D eigenvalue weighted by Crippen LogP contribution is -2.45. The normalized spacial score (nSPS) is 17.7. The second-order valence-corrected chi connectivity index (χ2v) is 7.42. The molecule has 1 atom stereocenters. The van der Waals surface area contributed by atoms with Gasteiger partial charge in [0.1, 0.15) is 11.4 Å². The minimum Gasteiger partial charge on any atom is -0.508 e. The van der Waals surface area contributed by atoms with Crippen molar-refractivity contribution < 1.29 is 23.4 Å². The van der Waals surface area contributed by atoms with Gasteiger partial charge in [-0.3, -0.25) is 0 Å². The fourth-order valence-electron chi connectivity index (χ4n) is 2.86. The molecule has 0 bridgehead atoms. The molecule has 2 rings (SSSR count). The average Bonchev–Trinajstić information content (AvgIpc) is 2.49. The molecule has 1 aliphatic carbocycles. The highest BCUT2D eigenvalue weighted by Crippen LogP contribution is 2.32. The Morgan fingerprint density at radius 2 is 2.04 bits per heavy atom. The minimum atomic E-state index is -3.09. The molecule has 1 aromatic carbocycles. The molecule has 0 spiro atoms. The van der Waals surface area contributed by atoms with E-state index in [0.717, 1.165) is 30.4 Å². The fourth-order valence-corrected chi connectivity index (χ4v) is 2.86. The number of carbonyl (C=O) groups excluding carboxylic acids is 1. The Balaban J connectivity index is 1.87. The number of phenols is 1. The van der Waals surface area contributed by atoms with Crippen LogP contribution in [0.25, 0.3) is 0 Å². The van der Waals surface area contributed by atoms with E-state index < -0.39 is 30.7 Å². The zero-order valence-electron chi connectivity index (χ0n) is 14.9. The molecule has 140 valence electrons. The molecule has 3 N–H and O–H groups in total. The number of benzene rings is 1. The molecular weight excluding hydrogens is 330 g/mol. The van der Waals surface area contributed by atoms with Crippen molar-refractivity contribution >= 4 is 6.09 Å². The van der Waals surface area contributed by atoms with E-state index in [-0.39, 0.29) is 11.8 Å². The maximum atomic E-state index is 14.0. The molecule has 0 aromatic heterocycles. The largest absolute Gasteiger partial charge is 0.508 e. The first-order chi connectivity index (χ1) is 11.6. The van der Waals surface area contributed by atoms with Gasteiger partial charge in [0.2, 0.25) is 0 Å². The van der Waals surface area contributed by atoms with Crippen LogP contribution in [0.2, 0.25) is 0 Å². The first-order valence-electron chi connectivity index (χ1n) is 8.46. The Morgan fingerprint density at radius 1 is 1.32 bits per heavy atom. The Kier molecular flexibility index (Phi) is 5.87. The van der Waals surface area contributed by atoms with Crippen molar-refractivity contribution in [3.63, 3.8) is 0 Å². The molecule has 7 heteroatoms. The standard InChI is InChI=1S/C18H26F2N2O3/c1-17(2,3)25-16(24)22-11-18(19,20)10-21-15-6-4-5-12-9-13(23)7-8-14(12)15/h7-9,15,21,23H,4-6,10-11H2,1-3H3,(H,22,24). The van der Waals surface area contributed by atoms with Crippen LogP contribution in [0.4, 0.5) is 13.6 Å². The summed E-state index contributed by atoms with van der Waals surface area (Å²) in [5.74, 6) is -2.91. The molecule has 25 heavy (non-hydrogen) atoms. The van der Waals surface area contributed by atoms with Gasteiger partial charge < -0.3 is 20.5 Å². The van der Waals surface area contributed by atoms with Gasteiger partial charge in [0.15, 0.2) is 0 Å². The van der Waals surface area contributed by atoms with E-state index in [1.54, 1.807) is 39.0 Å². The molecule has 5 nitrogen and oxygen atoms in total. The summed E-state index contributed by atoms with van der Waals surface area (Å²) in [6, 6.07) is 4.85. The highest BCUT2D eigenvalue weighted by atomic mass is 19.3. The van der Waals surface area contributed by atoms with Crippen molar-refractivity contribution in [2.45, 2.75) is 57.6 Å². The number of ether oxygens (including phenoxy) is 1. The van der Waals surface area contributed by atoms with Gasteiger partial charge in [-0.25, -0.2) is 13.6 Å². The SMILES string of the molecule is CC(C)(C)OC(=O)NCC(F)(F)CNC1CCCc2cc(O)ccc21. The summed E-state index contributed by atoms with van der Waals surface area (Å²) in [4.78, 5) is 11.5. The zero-order valence-corrected chi connectivity index (χ0v) is 14.9. The van der Waals surface area contributed by atoms with Crippen LogP contribution in [-0.2, 0) is 11.2 Å².